The molecule has 0 saturated carbocycles. The van der Waals surface area contributed by atoms with Crippen LogP contribution in [0.2, 0.25) is 0 Å². The molecule has 5 nitrogen and oxygen atoms in total. The highest BCUT2D eigenvalue weighted by Crippen LogP contribution is 2.12. The molecule has 0 fully saturated rings. The Morgan fingerprint density at radius 3 is 2.67 bits per heavy atom. The zero-order valence-electron chi connectivity index (χ0n) is 11.0. The number of nitrogens with zero attached hydrogens (tertiary/aromatic N) is 4. The smallest absolute Gasteiger partial charge is 0.252 e. The van der Waals surface area contributed by atoms with E-state index < -0.39 is 0 Å². The molecule has 18 heavy (non-hydrogen) atoms. The lowest BCUT2D eigenvalue weighted by atomic mass is 10.1. The Hall–Kier alpha value is -1.69. The van der Waals surface area contributed by atoms with E-state index in [0.29, 0.717) is 6.42 Å². The Morgan fingerprint density at radius 2 is 2.17 bits per heavy atom. The molecule has 2 rings (SSSR count). The zero-order chi connectivity index (χ0) is 13.3. The minimum Gasteiger partial charge on any atom is -0.327 e. The van der Waals surface area contributed by atoms with Crippen LogP contribution in [0.15, 0.2) is 16.6 Å². The summed E-state index contributed by atoms with van der Waals surface area (Å²) in [5, 5.41) is 6.21. The van der Waals surface area contributed by atoms with E-state index in [0.717, 1.165) is 21.8 Å². The first-order valence-electron chi connectivity index (χ1n) is 5.66. The van der Waals surface area contributed by atoms with Crippen LogP contribution in [0.4, 0.5) is 0 Å². The number of hydrogen-bond donors (Lipinski definition) is 0. The van der Waals surface area contributed by atoms with Gasteiger partial charge in [0, 0.05) is 36.9 Å². The van der Waals surface area contributed by atoms with Crippen LogP contribution in [0, 0.1) is 13.8 Å². The van der Waals surface area contributed by atoms with Gasteiger partial charge in [-0.3, -0.25) is 9.48 Å². The summed E-state index contributed by atoms with van der Waals surface area (Å²) in [6, 6.07) is 0. The van der Waals surface area contributed by atoms with Crippen molar-refractivity contribution in [1.29, 1.82) is 0 Å². The predicted octanol–water partition coefficient (Wildman–Crippen LogP) is 1.11. The van der Waals surface area contributed by atoms with E-state index in [1.165, 1.54) is 11.3 Å². The van der Waals surface area contributed by atoms with Gasteiger partial charge < -0.3 is 4.57 Å². The van der Waals surface area contributed by atoms with Gasteiger partial charge in [-0.25, -0.2) is 0 Å². The first-order valence-corrected chi connectivity index (χ1v) is 6.53. The molecule has 0 radical (unpaired) electrons. The minimum absolute atomic E-state index is 0.132. The summed E-state index contributed by atoms with van der Waals surface area (Å²) in [5.41, 5.74) is 2.89. The molecule has 0 aliphatic carbocycles. The van der Waals surface area contributed by atoms with Crippen LogP contribution >= 0.6 is 11.3 Å². The molecule has 0 bridgehead atoms. The lowest BCUT2D eigenvalue weighted by Crippen LogP contribution is -2.14. The van der Waals surface area contributed by atoms with Crippen molar-refractivity contribution in [1.82, 2.24) is 14.3 Å². The first kappa shape index (κ1) is 12.8. The van der Waals surface area contributed by atoms with Gasteiger partial charge in [-0.1, -0.05) is 0 Å². The van der Waals surface area contributed by atoms with Crippen molar-refractivity contribution in [2.75, 3.05) is 0 Å². The van der Waals surface area contributed by atoms with Crippen LogP contribution in [0.25, 0.3) is 0 Å². The van der Waals surface area contributed by atoms with Gasteiger partial charge in [0.25, 0.3) is 5.91 Å². The molecule has 0 atom stereocenters. The van der Waals surface area contributed by atoms with Gasteiger partial charge >= 0.3 is 0 Å². The molecule has 0 aromatic carbocycles. The van der Waals surface area contributed by atoms with Crippen molar-refractivity contribution in [3.05, 3.63) is 33.3 Å². The summed E-state index contributed by atoms with van der Waals surface area (Å²) in [5.74, 6) is -0.132. The van der Waals surface area contributed by atoms with E-state index in [1.807, 2.05) is 44.1 Å². The molecule has 0 aliphatic rings. The summed E-state index contributed by atoms with van der Waals surface area (Å²) in [6.07, 6.45) is 2.20. The third-order valence-electron chi connectivity index (χ3n) is 2.97. The number of aryl methyl sites for hydroxylation is 3. The SMILES string of the molecule is Cc1nn(C)c(C)c1CC(=O)N=c1sccn1C. The molecule has 6 heteroatoms. The lowest BCUT2D eigenvalue weighted by molar-refractivity contribution is -0.117. The van der Waals surface area contributed by atoms with Crippen LogP contribution in [-0.2, 0) is 25.3 Å². The van der Waals surface area contributed by atoms with Crippen LogP contribution in [0.1, 0.15) is 17.0 Å². The normalized spacial score (nSPS) is 12.1. The largest absolute Gasteiger partial charge is 0.327 e. The van der Waals surface area contributed by atoms with E-state index in [1.54, 1.807) is 4.68 Å². The summed E-state index contributed by atoms with van der Waals surface area (Å²) in [6.45, 7) is 3.88. The molecule has 0 spiro atoms. The lowest BCUT2D eigenvalue weighted by Gasteiger charge is -1.98. The van der Waals surface area contributed by atoms with Crippen molar-refractivity contribution in [2.45, 2.75) is 20.3 Å². The number of thiazole rings is 1. The zero-order valence-corrected chi connectivity index (χ0v) is 11.8. The number of rotatable bonds is 2. The van der Waals surface area contributed by atoms with E-state index in [9.17, 15) is 4.79 Å². The fourth-order valence-electron chi connectivity index (χ4n) is 1.81. The Morgan fingerprint density at radius 1 is 1.44 bits per heavy atom. The molecule has 1 amide bonds. The van der Waals surface area contributed by atoms with Gasteiger partial charge in [0.15, 0.2) is 4.80 Å². The molecular weight excluding hydrogens is 248 g/mol. The predicted molar refractivity (Wildman–Crippen MR) is 70.2 cm³/mol. The van der Waals surface area contributed by atoms with Crippen molar-refractivity contribution >= 4 is 17.2 Å². The van der Waals surface area contributed by atoms with Gasteiger partial charge in [-0.2, -0.15) is 10.1 Å². The molecule has 0 saturated heterocycles. The third-order valence-corrected chi connectivity index (χ3v) is 3.81. The number of carbonyl (C=O) groups is 1. The summed E-state index contributed by atoms with van der Waals surface area (Å²) >= 11 is 1.46. The van der Waals surface area contributed by atoms with Gasteiger partial charge in [-0.15, -0.1) is 11.3 Å². The highest BCUT2D eigenvalue weighted by Gasteiger charge is 2.12. The van der Waals surface area contributed by atoms with E-state index in [2.05, 4.69) is 10.1 Å². The first-order chi connectivity index (χ1) is 8.49. The van der Waals surface area contributed by atoms with Crippen LogP contribution in [0.5, 0.6) is 0 Å². The molecule has 0 unspecified atom stereocenters. The minimum atomic E-state index is -0.132. The van der Waals surface area contributed by atoms with E-state index in [4.69, 9.17) is 0 Å². The van der Waals surface area contributed by atoms with Gasteiger partial charge in [-0.05, 0) is 13.8 Å². The standard InChI is InChI=1S/C12H16N4OS/c1-8-10(9(2)16(4)14-8)7-11(17)13-12-15(3)5-6-18-12/h5-6H,7H2,1-4H3. The number of aromatic nitrogens is 3. The van der Waals surface area contributed by atoms with Gasteiger partial charge in [0.1, 0.15) is 0 Å². The fourth-order valence-corrected chi connectivity index (χ4v) is 2.55. The fraction of sp³-hybridized carbons (Fsp3) is 0.417. The van der Waals surface area contributed by atoms with Crippen molar-refractivity contribution in [3.8, 4) is 0 Å². The molecule has 0 aliphatic heterocycles. The molecule has 2 aromatic heterocycles. The average Bonchev–Trinajstić information content (AvgIpc) is 2.79. The van der Waals surface area contributed by atoms with Crippen LogP contribution < -0.4 is 4.80 Å². The Labute approximate surface area is 109 Å². The quantitative estimate of drug-likeness (QED) is 0.816. The highest BCUT2D eigenvalue weighted by molar-refractivity contribution is 7.07. The number of hydrogen-bond acceptors (Lipinski definition) is 3. The second-order valence-electron chi connectivity index (χ2n) is 4.25. The monoisotopic (exact) mass is 264 g/mol. The Bertz CT molecular complexity index is 647. The van der Waals surface area contributed by atoms with Crippen LogP contribution in [-0.4, -0.2) is 20.3 Å². The topological polar surface area (TPSA) is 52.2 Å². The maximum absolute atomic E-state index is 11.9. The summed E-state index contributed by atoms with van der Waals surface area (Å²) in [7, 11) is 3.76. The van der Waals surface area contributed by atoms with Gasteiger partial charge in [0.2, 0.25) is 0 Å². The Kier molecular flexibility index (Phi) is 3.47. The van der Waals surface area contributed by atoms with Crippen molar-refractivity contribution in [3.63, 3.8) is 0 Å². The third kappa shape index (κ3) is 2.43. The van der Waals surface area contributed by atoms with Gasteiger partial charge in [0.05, 0.1) is 12.1 Å². The van der Waals surface area contributed by atoms with E-state index >= 15 is 0 Å². The second kappa shape index (κ2) is 4.89. The number of carbonyl (C=O) groups excluding carboxylic acids is 1. The van der Waals surface area contributed by atoms with Crippen molar-refractivity contribution < 1.29 is 4.79 Å². The molecule has 2 aromatic rings. The maximum Gasteiger partial charge on any atom is 0.252 e. The highest BCUT2D eigenvalue weighted by atomic mass is 32.1. The molecule has 2 heterocycles. The Balaban J connectivity index is 2.26. The molecule has 0 N–H and O–H groups in total. The second-order valence-corrected chi connectivity index (χ2v) is 5.12. The van der Waals surface area contributed by atoms with Crippen LogP contribution in [0.3, 0.4) is 0 Å². The maximum atomic E-state index is 11.9. The molecular formula is C12H16N4OS. The molecule has 96 valence electrons. The van der Waals surface area contributed by atoms with E-state index in [-0.39, 0.29) is 5.91 Å². The van der Waals surface area contributed by atoms with Crippen molar-refractivity contribution in [2.24, 2.45) is 19.1 Å². The summed E-state index contributed by atoms with van der Waals surface area (Å²) in [4.78, 5) is 16.8. The average molecular weight is 264 g/mol. The number of amides is 1. The summed E-state index contributed by atoms with van der Waals surface area (Å²) < 4.78 is 3.63.